The maximum absolute atomic E-state index is 4.30. The van der Waals surface area contributed by atoms with E-state index in [2.05, 4.69) is 40.2 Å². The molecule has 2 rings (SSSR count). The molecule has 1 N–H and O–H groups in total. The van der Waals surface area contributed by atoms with Gasteiger partial charge in [0.25, 0.3) is 0 Å². The average Bonchev–Trinajstić information content (AvgIpc) is 2.94. The second-order valence-corrected chi connectivity index (χ2v) is 4.61. The number of nitrogens with one attached hydrogen (secondary N) is 1. The fraction of sp³-hybridized carbons (Fsp3) is 0.417. The summed E-state index contributed by atoms with van der Waals surface area (Å²) in [6.45, 7) is 6.14. The van der Waals surface area contributed by atoms with Crippen LogP contribution < -0.4 is 5.32 Å². The molecule has 0 bridgehead atoms. The Labute approximate surface area is 100 Å². The SMILES string of the molecule is CCc1ccsc1CNc1nccn1CC. The van der Waals surface area contributed by atoms with Gasteiger partial charge in [-0.2, -0.15) is 0 Å². The van der Waals surface area contributed by atoms with Crippen molar-refractivity contribution >= 4 is 17.3 Å². The maximum Gasteiger partial charge on any atom is 0.203 e. The van der Waals surface area contributed by atoms with Gasteiger partial charge in [0, 0.05) is 23.8 Å². The molecular weight excluding hydrogens is 218 g/mol. The van der Waals surface area contributed by atoms with Crippen LogP contribution >= 0.6 is 11.3 Å². The quantitative estimate of drug-likeness (QED) is 0.863. The summed E-state index contributed by atoms with van der Waals surface area (Å²) in [5.74, 6) is 0.956. The van der Waals surface area contributed by atoms with Crippen LogP contribution in [-0.4, -0.2) is 9.55 Å². The van der Waals surface area contributed by atoms with E-state index in [1.54, 1.807) is 0 Å². The molecule has 0 saturated heterocycles. The van der Waals surface area contributed by atoms with E-state index in [4.69, 9.17) is 0 Å². The molecule has 86 valence electrons. The van der Waals surface area contributed by atoms with Crippen LogP contribution in [0, 0.1) is 0 Å². The van der Waals surface area contributed by atoms with Gasteiger partial charge in [0.15, 0.2) is 0 Å². The van der Waals surface area contributed by atoms with Gasteiger partial charge >= 0.3 is 0 Å². The lowest BCUT2D eigenvalue weighted by Gasteiger charge is -2.07. The highest BCUT2D eigenvalue weighted by atomic mass is 32.1. The molecule has 0 aliphatic heterocycles. The third-order valence-electron chi connectivity index (χ3n) is 2.68. The van der Waals surface area contributed by atoms with Gasteiger partial charge in [-0.05, 0) is 30.4 Å². The Hall–Kier alpha value is -1.29. The molecule has 2 aromatic rings. The van der Waals surface area contributed by atoms with Gasteiger partial charge in [0.05, 0.1) is 6.54 Å². The number of aryl methyl sites for hydroxylation is 2. The predicted octanol–water partition coefficient (Wildman–Crippen LogP) is 3.14. The van der Waals surface area contributed by atoms with Crippen LogP contribution in [0.2, 0.25) is 0 Å². The Morgan fingerprint density at radius 1 is 1.44 bits per heavy atom. The van der Waals surface area contributed by atoms with Gasteiger partial charge in [-0.15, -0.1) is 11.3 Å². The normalized spacial score (nSPS) is 10.6. The van der Waals surface area contributed by atoms with E-state index < -0.39 is 0 Å². The first kappa shape index (κ1) is 11.2. The molecule has 0 unspecified atom stereocenters. The summed E-state index contributed by atoms with van der Waals surface area (Å²) in [5, 5.41) is 5.54. The summed E-state index contributed by atoms with van der Waals surface area (Å²) in [6, 6.07) is 2.20. The molecule has 0 radical (unpaired) electrons. The molecule has 16 heavy (non-hydrogen) atoms. The topological polar surface area (TPSA) is 29.9 Å². The van der Waals surface area contributed by atoms with Crippen molar-refractivity contribution in [3.63, 3.8) is 0 Å². The van der Waals surface area contributed by atoms with E-state index in [1.807, 2.05) is 23.7 Å². The van der Waals surface area contributed by atoms with Crippen LogP contribution in [0.1, 0.15) is 24.3 Å². The zero-order valence-electron chi connectivity index (χ0n) is 9.73. The molecule has 3 nitrogen and oxygen atoms in total. The standard InChI is InChI=1S/C12H17N3S/c1-3-10-5-8-16-11(10)9-14-12-13-6-7-15(12)4-2/h5-8H,3-4,9H2,1-2H3,(H,13,14). The van der Waals surface area contributed by atoms with Gasteiger partial charge in [-0.1, -0.05) is 6.92 Å². The van der Waals surface area contributed by atoms with E-state index >= 15 is 0 Å². The summed E-state index contributed by atoms with van der Waals surface area (Å²) < 4.78 is 2.11. The van der Waals surface area contributed by atoms with Gasteiger partial charge in [-0.25, -0.2) is 4.98 Å². The summed E-state index contributed by atoms with van der Waals surface area (Å²) in [6.07, 6.45) is 4.93. The largest absolute Gasteiger partial charge is 0.351 e. The Balaban J connectivity index is 2.02. The fourth-order valence-electron chi connectivity index (χ4n) is 1.73. The second-order valence-electron chi connectivity index (χ2n) is 3.61. The number of hydrogen-bond acceptors (Lipinski definition) is 3. The highest BCUT2D eigenvalue weighted by Gasteiger charge is 2.04. The summed E-state index contributed by atoms with van der Waals surface area (Å²) in [5.41, 5.74) is 1.44. The molecule has 4 heteroatoms. The molecule has 0 atom stereocenters. The molecule has 0 aliphatic carbocycles. The molecule has 0 aromatic carbocycles. The van der Waals surface area contributed by atoms with Crippen LogP contribution in [0.3, 0.4) is 0 Å². The van der Waals surface area contributed by atoms with Crippen molar-refractivity contribution in [3.8, 4) is 0 Å². The minimum Gasteiger partial charge on any atom is -0.351 e. The second kappa shape index (κ2) is 5.16. The minimum atomic E-state index is 0.873. The Kier molecular flexibility index (Phi) is 3.62. The predicted molar refractivity (Wildman–Crippen MR) is 68.9 cm³/mol. The molecule has 2 aromatic heterocycles. The number of imidazole rings is 1. The molecule has 2 heterocycles. The Bertz CT molecular complexity index is 402. The first-order chi connectivity index (χ1) is 7.85. The number of anilines is 1. The molecule has 0 spiro atoms. The van der Waals surface area contributed by atoms with Crippen LogP contribution in [0.15, 0.2) is 23.8 Å². The van der Waals surface area contributed by atoms with Crippen LogP contribution in [0.5, 0.6) is 0 Å². The number of hydrogen-bond donors (Lipinski definition) is 1. The van der Waals surface area contributed by atoms with E-state index in [0.29, 0.717) is 0 Å². The van der Waals surface area contributed by atoms with Crippen molar-refractivity contribution in [2.24, 2.45) is 0 Å². The maximum atomic E-state index is 4.30. The van der Waals surface area contributed by atoms with E-state index in [9.17, 15) is 0 Å². The lowest BCUT2D eigenvalue weighted by Crippen LogP contribution is -2.06. The number of aromatic nitrogens is 2. The lowest BCUT2D eigenvalue weighted by molar-refractivity contribution is 0.763. The van der Waals surface area contributed by atoms with Crippen molar-refractivity contribution in [1.82, 2.24) is 9.55 Å². The minimum absolute atomic E-state index is 0.873. The lowest BCUT2D eigenvalue weighted by atomic mass is 10.2. The monoisotopic (exact) mass is 235 g/mol. The van der Waals surface area contributed by atoms with Gasteiger partial charge in [0.1, 0.15) is 0 Å². The zero-order valence-corrected chi connectivity index (χ0v) is 10.5. The van der Waals surface area contributed by atoms with Crippen LogP contribution in [0.25, 0.3) is 0 Å². The van der Waals surface area contributed by atoms with E-state index in [1.165, 1.54) is 10.4 Å². The van der Waals surface area contributed by atoms with Crippen molar-refractivity contribution in [1.29, 1.82) is 0 Å². The Morgan fingerprint density at radius 3 is 3.06 bits per heavy atom. The van der Waals surface area contributed by atoms with Gasteiger partial charge < -0.3 is 9.88 Å². The van der Waals surface area contributed by atoms with Crippen molar-refractivity contribution in [3.05, 3.63) is 34.3 Å². The van der Waals surface area contributed by atoms with Crippen molar-refractivity contribution in [2.75, 3.05) is 5.32 Å². The molecule has 0 amide bonds. The molecule has 0 fully saturated rings. The van der Waals surface area contributed by atoms with Crippen molar-refractivity contribution < 1.29 is 0 Å². The highest BCUT2D eigenvalue weighted by molar-refractivity contribution is 7.10. The van der Waals surface area contributed by atoms with Crippen molar-refractivity contribution in [2.45, 2.75) is 33.4 Å². The fourth-order valence-corrected chi connectivity index (χ4v) is 2.64. The highest BCUT2D eigenvalue weighted by Crippen LogP contribution is 2.18. The van der Waals surface area contributed by atoms with Crippen LogP contribution in [0.4, 0.5) is 5.95 Å². The first-order valence-electron chi connectivity index (χ1n) is 5.65. The molecular formula is C12H17N3S. The average molecular weight is 235 g/mol. The first-order valence-corrected chi connectivity index (χ1v) is 6.53. The summed E-state index contributed by atoms with van der Waals surface area (Å²) >= 11 is 1.81. The third-order valence-corrected chi connectivity index (χ3v) is 3.65. The smallest absolute Gasteiger partial charge is 0.203 e. The van der Waals surface area contributed by atoms with Gasteiger partial charge in [0.2, 0.25) is 5.95 Å². The number of rotatable bonds is 5. The van der Waals surface area contributed by atoms with E-state index in [-0.39, 0.29) is 0 Å². The van der Waals surface area contributed by atoms with Gasteiger partial charge in [-0.3, -0.25) is 0 Å². The van der Waals surface area contributed by atoms with Crippen LogP contribution in [-0.2, 0) is 19.5 Å². The summed E-state index contributed by atoms with van der Waals surface area (Å²) in [4.78, 5) is 5.71. The third kappa shape index (κ3) is 2.27. The molecule has 0 aliphatic rings. The number of thiophene rings is 1. The number of nitrogens with zero attached hydrogens (tertiary/aromatic N) is 2. The van der Waals surface area contributed by atoms with E-state index in [0.717, 1.165) is 25.5 Å². The summed E-state index contributed by atoms with van der Waals surface area (Å²) in [7, 11) is 0. The Morgan fingerprint density at radius 2 is 2.31 bits per heavy atom. The zero-order chi connectivity index (χ0) is 11.4. The molecule has 0 saturated carbocycles.